The highest BCUT2D eigenvalue weighted by Crippen LogP contribution is 2.10. The smallest absolute Gasteiger partial charge is 0.0514 e. The van der Waals surface area contributed by atoms with E-state index in [1.165, 1.54) is 0 Å². The molecule has 0 unspecified atom stereocenters. The summed E-state index contributed by atoms with van der Waals surface area (Å²) in [5, 5.41) is 0. The largest absolute Gasteiger partial charge is 0.262 e. The third-order valence-corrected chi connectivity index (χ3v) is 2.59. The van der Waals surface area contributed by atoms with Crippen LogP contribution in [0.4, 0.5) is 0 Å². The van der Waals surface area contributed by atoms with Crippen molar-refractivity contribution in [3.8, 4) is 0 Å². The Labute approximate surface area is 98.5 Å². The van der Waals surface area contributed by atoms with Crippen molar-refractivity contribution < 1.29 is 0 Å². The van der Waals surface area contributed by atoms with Gasteiger partial charge in [0.15, 0.2) is 0 Å². The van der Waals surface area contributed by atoms with Crippen LogP contribution in [-0.2, 0) is 0 Å². The van der Waals surface area contributed by atoms with E-state index in [0.717, 1.165) is 15.9 Å². The lowest BCUT2D eigenvalue weighted by molar-refractivity contribution is 1.18. The molecule has 0 aliphatic carbocycles. The van der Waals surface area contributed by atoms with Crippen molar-refractivity contribution >= 4 is 15.9 Å². The fourth-order valence-electron chi connectivity index (χ4n) is 0.913. The average Bonchev–Trinajstić information content (AvgIpc) is 2.25. The first-order valence-corrected chi connectivity index (χ1v) is 5.44. The number of halogens is 1. The van der Waals surface area contributed by atoms with Crippen molar-refractivity contribution in [2.45, 2.75) is 13.8 Å². The minimum absolute atomic E-state index is 1.03. The van der Waals surface area contributed by atoms with Crippen LogP contribution in [0.15, 0.2) is 47.2 Å². The molecule has 0 bridgehead atoms. The molecule has 0 aromatic carbocycles. The maximum absolute atomic E-state index is 4.03. The van der Waals surface area contributed by atoms with Crippen LogP contribution in [0.25, 0.3) is 0 Å². The third-order valence-electron chi connectivity index (χ3n) is 1.76. The molecule has 2 rings (SSSR count). The predicted molar refractivity (Wildman–Crippen MR) is 65.6 cm³/mol. The second kappa shape index (κ2) is 6.30. The van der Waals surface area contributed by atoms with Gasteiger partial charge in [-0.3, -0.25) is 9.97 Å². The lowest BCUT2D eigenvalue weighted by atomic mass is 10.4. The van der Waals surface area contributed by atoms with Crippen LogP contribution in [0.2, 0.25) is 0 Å². The van der Waals surface area contributed by atoms with Crippen LogP contribution in [0.3, 0.4) is 0 Å². The van der Waals surface area contributed by atoms with Gasteiger partial charge in [0, 0.05) is 22.6 Å². The number of rotatable bonds is 0. The zero-order valence-electron chi connectivity index (χ0n) is 8.81. The molecule has 15 heavy (non-hydrogen) atoms. The van der Waals surface area contributed by atoms with Crippen LogP contribution in [0.1, 0.15) is 11.4 Å². The molecule has 0 saturated carbocycles. The fraction of sp³-hybridized carbons (Fsp3) is 0.167. The number of nitrogens with zero attached hydrogens (tertiary/aromatic N) is 2. The lowest BCUT2D eigenvalue weighted by Gasteiger charge is -1.90. The van der Waals surface area contributed by atoms with Crippen LogP contribution >= 0.6 is 15.9 Å². The molecule has 78 valence electrons. The summed E-state index contributed by atoms with van der Waals surface area (Å²) in [6.45, 7) is 3.93. The Kier molecular flexibility index (Phi) is 4.98. The van der Waals surface area contributed by atoms with E-state index < -0.39 is 0 Å². The minimum atomic E-state index is 1.03. The second-order valence-corrected chi connectivity index (χ2v) is 3.90. The van der Waals surface area contributed by atoms with Crippen molar-refractivity contribution in [1.82, 2.24) is 9.97 Å². The normalized spacial score (nSPS) is 9.00. The highest BCUT2D eigenvalue weighted by atomic mass is 79.9. The summed E-state index contributed by atoms with van der Waals surface area (Å²) in [5.41, 5.74) is 2.11. The van der Waals surface area contributed by atoms with Crippen molar-refractivity contribution in [2.75, 3.05) is 0 Å². The van der Waals surface area contributed by atoms with Gasteiger partial charge in [-0.15, -0.1) is 0 Å². The van der Waals surface area contributed by atoms with Gasteiger partial charge in [-0.05, 0) is 54.0 Å². The van der Waals surface area contributed by atoms with E-state index in [4.69, 9.17) is 0 Å². The summed E-state index contributed by atoms with van der Waals surface area (Å²) in [6.07, 6.45) is 3.56. The molecule has 0 N–H and O–H groups in total. The molecule has 2 aromatic heterocycles. The van der Waals surface area contributed by atoms with Crippen LogP contribution in [0.5, 0.6) is 0 Å². The molecule has 0 amide bonds. The highest BCUT2D eigenvalue weighted by Gasteiger charge is 1.87. The first kappa shape index (κ1) is 11.9. The number of hydrogen-bond donors (Lipinski definition) is 0. The lowest BCUT2D eigenvalue weighted by Crippen LogP contribution is -1.77. The first-order valence-electron chi connectivity index (χ1n) is 4.65. The maximum Gasteiger partial charge on any atom is 0.0514 e. The molecule has 2 aromatic rings. The molecule has 0 aliphatic rings. The Morgan fingerprint density at radius 2 is 1.67 bits per heavy atom. The summed E-state index contributed by atoms with van der Waals surface area (Å²) in [5.74, 6) is 0. The molecular formula is C12H13BrN2. The molecule has 2 nitrogen and oxygen atoms in total. The Balaban J connectivity index is 0.000000151. The molecule has 0 radical (unpaired) electrons. The molecule has 0 aliphatic heterocycles. The van der Waals surface area contributed by atoms with Gasteiger partial charge in [-0.25, -0.2) is 0 Å². The fourth-order valence-corrected chi connectivity index (χ4v) is 1.17. The third kappa shape index (κ3) is 4.70. The van der Waals surface area contributed by atoms with Crippen molar-refractivity contribution in [3.05, 3.63) is 58.6 Å². The SMILES string of the molecule is Cc1ccccn1.Cc1ncccc1Br. The summed E-state index contributed by atoms with van der Waals surface area (Å²) < 4.78 is 1.07. The van der Waals surface area contributed by atoms with Crippen LogP contribution in [-0.4, -0.2) is 9.97 Å². The molecule has 3 heteroatoms. The standard InChI is InChI=1S/C6H6BrN.C6H7N/c1-5-6(7)3-2-4-8-5;1-6-4-2-3-5-7-6/h2-4H,1H3;2-5H,1H3. The van der Waals surface area contributed by atoms with E-state index in [1.54, 1.807) is 12.4 Å². The Bertz CT molecular complexity index is 380. The van der Waals surface area contributed by atoms with Gasteiger partial charge >= 0.3 is 0 Å². The van der Waals surface area contributed by atoms with Gasteiger partial charge < -0.3 is 0 Å². The maximum atomic E-state index is 4.03. The first-order chi connectivity index (χ1) is 7.20. The van der Waals surface area contributed by atoms with Crippen molar-refractivity contribution in [2.24, 2.45) is 0 Å². The van der Waals surface area contributed by atoms with Crippen molar-refractivity contribution in [1.29, 1.82) is 0 Å². The zero-order chi connectivity index (χ0) is 11.1. The predicted octanol–water partition coefficient (Wildman–Crippen LogP) is 3.54. The second-order valence-electron chi connectivity index (χ2n) is 3.04. The summed E-state index contributed by atoms with van der Waals surface area (Å²) in [6, 6.07) is 9.73. The van der Waals surface area contributed by atoms with Gasteiger partial charge in [0.1, 0.15) is 0 Å². The number of hydrogen-bond acceptors (Lipinski definition) is 2. The van der Waals surface area contributed by atoms with Crippen LogP contribution in [0, 0.1) is 13.8 Å². The summed E-state index contributed by atoms with van der Waals surface area (Å²) >= 11 is 3.33. The van der Waals surface area contributed by atoms with Gasteiger partial charge in [0.25, 0.3) is 0 Å². The molecule has 0 spiro atoms. The topological polar surface area (TPSA) is 25.8 Å². The van der Waals surface area contributed by atoms with E-state index in [2.05, 4.69) is 25.9 Å². The van der Waals surface area contributed by atoms with Gasteiger partial charge in [-0.1, -0.05) is 6.07 Å². The molecule has 0 saturated heterocycles. The number of aryl methyl sites for hydroxylation is 2. The zero-order valence-corrected chi connectivity index (χ0v) is 10.4. The average molecular weight is 265 g/mol. The van der Waals surface area contributed by atoms with Crippen LogP contribution < -0.4 is 0 Å². The Morgan fingerprint density at radius 1 is 0.933 bits per heavy atom. The van der Waals surface area contributed by atoms with E-state index >= 15 is 0 Å². The molecule has 2 heterocycles. The van der Waals surface area contributed by atoms with E-state index in [0.29, 0.717) is 0 Å². The van der Waals surface area contributed by atoms with Gasteiger partial charge in [-0.2, -0.15) is 0 Å². The Morgan fingerprint density at radius 3 is 2.00 bits per heavy atom. The van der Waals surface area contributed by atoms with E-state index in [1.807, 2.05) is 44.2 Å². The molecule has 0 fully saturated rings. The highest BCUT2D eigenvalue weighted by molar-refractivity contribution is 9.10. The van der Waals surface area contributed by atoms with Crippen molar-refractivity contribution in [3.63, 3.8) is 0 Å². The minimum Gasteiger partial charge on any atom is -0.262 e. The molecular weight excluding hydrogens is 252 g/mol. The Hall–Kier alpha value is -1.22. The monoisotopic (exact) mass is 264 g/mol. The van der Waals surface area contributed by atoms with E-state index in [-0.39, 0.29) is 0 Å². The number of aromatic nitrogens is 2. The number of pyridine rings is 2. The van der Waals surface area contributed by atoms with Gasteiger partial charge in [0.05, 0.1) is 5.69 Å². The van der Waals surface area contributed by atoms with E-state index in [9.17, 15) is 0 Å². The van der Waals surface area contributed by atoms with Gasteiger partial charge in [0.2, 0.25) is 0 Å². The quantitative estimate of drug-likeness (QED) is 0.728. The summed E-state index contributed by atoms with van der Waals surface area (Å²) in [4.78, 5) is 8.01. The molecule has 0 atom stereocenters. The summed E-state index contributed by atoms with van der Waals surface area (Å²) in [7, 11) is 0.